The Balaban J connectivity index is 2.10. The van der Waals surface area contributed by atoms with Crippen LogP contribution in [0.4, 0.5) is 4.39 Å². The van der Waals surface area contributed by atoms with Gasteiger partial charge in [-0.25, -0.2) is 9.37 Å². The van der Waals surface area contributed by atoms with Crippen LogP contribution in [0.2, 0.25) is 5.02 Å². The molecule has 1 fully saturated rings. The van der Waals surface area contributed by atoms with Gasteiger partial charge in [0.2, 0.25) is 0 Å². The van der Waals surface area contributed by atoms with E-state index in [0.717, 1.165) is 17.9 Å². The fourth-order valence-electron chi connectivity index (χ4n) is 2.41. The number of halogens is 3. The van der Waals surface area contributed by atoms with E-state index >= 15 is 0 Å². The quantitative estimate of drug-likeness (QED) is 0.766. The van der Waals surface area contributed by atoms with Crippen molar-refractivity contribution >= 4 is 34.2 Å². The maximum atomic E-state index is 13.4. The molecule has 0 radical (unpaired) electrons. The third kappa shape index (κ3) is 1.99. The second-order valence-corrected chi connectivity index (χ2v) is 5.50. The Kier molecular flexibility index (Phi) is 3.20. The zero-order valence-electron chi connectivity index (χ0n) is 9.80. The van der Waals surface area contributed by atoms with Crippen molar-refractivity contribution in [2.75, 3.05) is 0 Å². The summed E-state index contributed by atoms with van der Waals surface area (Å²) >= 11 is 11.8. The molecular weight excluding hydrogens is 274 g/mol. The maximum Gasteiger partial charge on any atom is 0.144 e. The summed E-state index contributed by atoms with van der Waals surface area (Å²) in [5.74, 6) is 1.38. The van der Waals surface area contributed by atoms with E-state index in [1.165, 1.54) is 25.3 Å². The summed E-state index contributed by atoms with van der Waals surface area (Å²) in [5, 5.41) is 0.137. The van der Waals surface area contributed by atoms with Crippen LogP contribution in [0.25, 0.3) is 11.0 Å². The van der Waals surface area contributed by atoms with Crippen LogP contribution >= 0.6 is 23.2 Å². The lowest BCUT2D eigenvalue weighted by atomic mass is 9.85. The van der Waals surface area contributed by atoms with Gasteiger partial charge in [-0.15, -0.1) is 11.6 Å². The zero-order chi connectivity index (χ0) is 12.7. The molecule has 0 spiro atoms. The van der Waals surface area contributed by atoms with Crippen molar-refractivity contribution in [2.24, 2.45) is 5.92 Å². The Morgan fingerprint density at radius 2 is 2.17 bits per heavy atom. The van der Waals surface area contributed by atoms with Gasteiger partial charge >= 0.3 is 0 Å². The average Bonchev–Trinajstić information content (AvgIpc) is 2.62. The van der Waals surface area contributed by atoms with E-state index in [2.05, 4.69) is 9.55 Å². The number of benzene rings is 1. The summed E-state index contributed by atoms with van der Waals surface area (Å²) in [5.41, 5.74) is 1.51. The molecule has 0 aliphatic heterocycles. The average molecular weight is 287 g/mol. The van der Waals surface area contributed by atoms with E-state index in [4.69, 9.17) is 23.2 Å². The second-order valence-electron chi connectivity index (χ2n) is 4.82. The van der Waals surface area contributed by atoms with Crippen LogP contribution in [0.5, 0.6) is 0 Å². The number of alkyl halides is 1. The highest BCUT2D eigenvalue weighted by molar-refractivity contribution is 6.31. The predicted molar refractivity (Wildman–Crippen MR) is 71.6 cm³/mol. The Hall–Kier alpha value is -0.800. The largest absolute Gasteiger partial charge is 0.327 e. The molecule has 5 heteroatoms. The number of aromatic nitrogens is 2. The molecule has 18 heavy (non-hydrogen) atoms. The first-order chi connectivity index (χ1) is 8.69. The van der Waals surface area contributed by atoms with E-state index in [1.807, 2.05) is 0 Å². The highest BCUT2D eigenvalue weighted by atomic mass is 35.5. The summed E-state index contributed by atoms with van der Waals surface area (Å²) in [7, 11) is 0. The number of nitrogens with zero attached hydrogens (tertiary/aromatic N) is 2. The molecule has 1 aliphatic carbocycles. The fraction of sp³-hybridized carbons (Fsp3) is 0.462. The van der Waals surface area contributed by atoms with Crippen LogP contribution in [0, 0.1) is 11.7 Å². The van der Waals surface area contributed by atoms with Crippen molar-refractivity contribution < 1.29 is 4.39 Å². The Morgan fingerprint density at radius 1 is 1.39 bits per heavy atom. The fourth-order valence-corrected chi connectivity index (χ4v) is 2.77. The third-order valence-corrected chi connectivity index (χ3v) is 4.18. The van der Waals surface area contributed by atoms with E-state index in [0.29, 0.717) is 17.3 Å². The minimum atomic E-state index is -0.432. The maximum absolute atomic E-state index is 13.4. The molecule has 0 unspecified atom stereocenters. The van der Waals surface area contributed by atoms with Gasteiger partial charge in [-0.1, -0.05) is 18.0 Å². The lowest BCUT2D eigenvalue weighted by Gasteiger charge is -2.26. The predicted octanol–water partition coefficient (Wildman–Crippen LogP) is 4.37. The monoisotopic (exact) mass is 286 g/mol. The zero-order valence-corrected chi connectivity index (χ0v) is 11.3. The van der Waals surface area contributed by atoms with Crippen LogP contribution < -0.4 is 0 Å². The molecule has 1 heterocycles. The summed E-state index contributed by atoms with van der Waals surface area (Å²) in [6, 6.07) is 3.03. The van der Waals surface area contributed by atoms with Gasteiger partial charge in [0, 0.05) is 12.6 Å². The van der Waals surface area contributed by atoms with Crippen LogP contribution in [0.3, 0.4) is 0 Å². The van der Waals surface area contributed by atoms with Crippen molar-refractivity contribution in [3.8, 4) is 0 Å². The van der Waals surface area contributed by atoms with E-state index < -0.39 is 5.82 Å². The molecule has 1 aromatic carbocycles. The molecule has 2 nitrogen and oxygen atoms in total. The molecule has 0 bridgehead atoms. The molecule has 0 saturated heterocycles. The Morgan fingerprint density at radius 3 is 2.78 bits per heavy atom. The number of rotatable bonds is 3. The minimum Gasteiger partial charge on any atom is -0.327 e. The van der Waals surface area contributed by atoms with Crippen molar-refractivity contribution in [1.29, 1.82) is 0 Å². The minimum absolute atomic E-state index is 0.137. The smallest absolute Gasteiger partial charge is 0.144 e. The first-order valence-corrected chi connectivity index (χ1v) is 7.00. The van der Waals surface area contributed by atoms with E-state index in [-0.39, 0.29) is 5.02 Å². The van der Waals surface area contributed by atoms with Crippen molar-refractivity contribution in [3.05, 3.63) is 28.8 Å². The van der Waals surface area contributed by atoms with E-state index in [9.17, 15) is 4.39 Å². The van der Waals surface area contributed by atoms with Gasteiger partial charge in [-0.3, -0.25) is 0 Å². The molecule has 0 N–H and O–H groups in total. The molecule has 1 aromatic heterocycles. The number of imidazole rings is 1. The second kappa shape index (κ2) is 4.71. The Bertz CT molecular complexity index is 590. The molecular formula is C13H13Cl2FN2. The van der Waals surface area contributed by atoms with Gasteiger partial charge < -0.3 is 4.57 Å². The number of fused-ring (bicyclic) bond motifs is 1. The van der Waals surface area contributed by atoms with E-state index in [1.54, 1.807) is 6.07 Å². The summed E-state index contributed by atoms with van der Waals surface area (Å²) in [4.78, 5) is 4.38. The summed E-state index contributed by atoms with van der Waals surface area (Å²) in [6.45, 7) is 0.903. The Labute approximate surface area is 115 Å². The molecule has 96 valence electrons. The normalized spacial score (nSPS) is 16.2. The highest BCUT2D eigenvalue weighted by Gasteiger charge is 2.21. The third-order valence-electron chi connectivity index (χ3n) is 3.65. The molecule has 2 aromatic rings. The van der Waals surface area contributed by atoms with Gasteiger partial charge in [-0.2, -0.15) is 0 Å². The standard InChI is InChI=1S/C13H13Cl2FN2/c14-6-13-17-11-5-10(16)9(15)4-12(11)18(13)7-8-2-1-3-8/h4-5,8H,1-3,6-7H2. The lowest BCUT2D eigenvalue weighted by molar-refractivity contribution is 0.277. The summed E-state index contributed by atoms with van der Waals surface area (Å²) in [6.07, 6.45) is 3.79. The van der Waals surface area contributed by atoms with Crippen LogP contribution in [0.15, 0.2) is 12.1 Å². The topological polar surface area (TPSA) is 17.8 Å². The number of hydrogen-bond donors (Lipinski definition) is 0. The van der Waals surface area contributed by atoms with Crippen LogP contribution in [-0.4, -0.2) is 9.55 Å². The molecule has 3 rings (SSSR count). The van der Waals surface area contributed by atoms with Crippen LogP contribution in [0.1, 0.15) is 25.1 Å². The van der Waals surface area contributed by atoms with Crippen LogP contribution in [-0.2, 0) is 12.4 Å². The van der Waals surface area contributed by atoms with Gasteiger partial charge in [0.25, 0.3) is 0 Å². The summed E-state index contributed by atoms with van der Waals surface area (Å²) < 4.78 is 15.5. The highest BCUT2D eigenvalue weighted by Crippen LogP contribution is 2.31. The number of hydrogen-bond acceptors (Lipinski definition) is 1. The molecule has 1 aliphatic rings. The molecule has 1 saturated carbocycles. The first kappa shape index (κ1) is 12.2. The van der Waals surface area contributed by atoms with Crippen molar-refractivity contribution in [1.82, 2.24) is 9.55 Å². The van der Waals surface area contributed by atoms with Gasteiger partial charge in [0.05, 0.1) is 21.9 Å². The SMILES string of the molecule is Fc1cc2nc(CCl)n(CC3CCC3)c2cc1Cl. The van der Waals surface area contributed by atoms with Gasteiger partial charge in [-0.05, 0) is 24.8 Å². The van der Waals surface area contributed by atoms with Crippen molar-refractivity contribution in [2.45, 2.75) is 31.7 Å². The molecule has 0 atom stereocenters. The van der Waals surface area contributed by atoms with Crippen molar-refractivity contribution in [3.63, 3.8) is 0 Å². The lowest BCUT2D eigenvalue weighted by Crippen LogP contribution is -2.19. The van der Waals surface area contributed by atoms with Gasteiger partial charge in [0.1, 0.15) is 11.6 Å². The first-order valence-electron chi connectivity index (χ1n) is 6.09. The molecule has 0 amide bonds. The van der Waals surface area contributed by atoms with Gasteiger partial charge in [0.15, 0.2) is 0 Å².